The molecule has 0 N–H and O–H groups in total. The minimum atomic E-state index is -4.51. The average molecular weight is 660 g/mol. The lowest BCUT2D eigenvalue weighted by atomic mass is 10.1. The predicted octanol–water partition coefficient (Wildman–Crippen LogP) is 9.08. The van der Waals surface area contributed by atoms with Crippen LogP contribution in [0.3, 0.4) is 0 Å². The quantitative estimate of drug-likeness (QED) is 0.0228. The Morgan fingerprint density at radius 2 is 1.16 bits per heavy atom. The summed E-state index contributed by atoms with van der Waals surface area (Å²) in [5, 5.41) is 0. The van der Waals surface area contributed by atoms with E-state index in [-0.39, 0.29) is 25.8 Å². The Kier molecular flexibility index (Phi) is 29.6. The number of quaternary nitrogens is 1. The SMILES string of the molecule is CCCC/C=C\CCCCCCCCOCC(COP(=O)([O-])OCC[N+](C)(C)C)OC(=O)CCCCCCC/C=C\CCCC. The van der Waals surface area contributed by atoms with Gasteiger partial charge in [0, 0.05) is 13.0 Å². The van der Waals surface area contributed by atoms with Crippen molar-refractivity contribution in [1.82, 2.24) is 0 Å². The molecule has 0 aliphatic heterocycles. The van der Waals surface area contributed by atoms with Gasteiger partial charge in [-0.25, -0.2) is 0 Å². The van der Waals surface area contributed by atoms with Gasteiger partial charge in [-0.15, -0.1) is 0 Å². The van der Waals surface area contributed by atoms with Crippen LogP contribution in [0, 0.1) is 0 Å². The Bertz CT molecular complexity index is 782. The van der Waals surface area contributed by atoms with E-state index < -0.39 is 13.9 Å². The highest BCUT2D eigenvalue weighted by molar-refractivity contribution is 7.45. The van der Waals surface area contributed by atoms with Crippen molar-refractivity contribution in [2.24, 2.45) is 0 Å². The molecule has 2 unspecified atom stereocenters. The number of esters is 1. The molecule has 0 rings (SSSR count). The standard InChI is InChI=1S/C36H70NO7P/c1-6-8-10-12-14-16-18-20-22-24-26-28-31-41-33-35(34-43-45(39,40)42-32-30-37(3,4)5)44-36(38)29-27-25-23-21-19-17-15-13-11-9-7-2/h12-15,35H,6-11,16-34H2,1-5H3/b14-12-,15-13-. The summed E-state index contributed by atoms with van der Waals surface area (Å²) < 4.78 is 34.3. The van der Waals surface area contributed by atoms with E-state index in [2.05, 4.69) is 38.2 Å². The van der Waals surface area contributed by atoms with Crippen molar-refractivity contribution in [3.05, 3.63) is 24.3 Å². The van der Waals surface area contributed by atoms with Crippen LogP contribution in [0.5, 0.6) is 0 Å². The van der Waals surface area contributed by atoms with Crippen molar-refractivity contribution in [3.8, 4) is 0 Å². The summed E-state index contributed by atoms with van der Waals surface area (Å²) in [6.45, 7) is 5.30. The second kappa shape index (κ2) is 30.3. The van der Waals surface area contributed by atoms with Gasteiger partial charge in [-0.2, -0.15) is 0 Å². The van der Waals surface area contributed by atoms with Crippen LogP contribution in [0.1, 0.15) is 142 Å². The number of ether oxygens (including phenoxy) is 2. The highest BCUT2D eigenvalue weighted by Crippen LogP contribution is 2.38. The Balaban J connectivity index is 4.35. The summed E-state index contributed by atoms with van der Waals surface area (Å²) >= 11 is 0. The number of unbranched alkanes of at least 4 members (excludes halogenated alkanes) is 15. The zero-order valence-corrected chi connectivity index (χ0v) is 30.7. The molecule has 266 valence electrons. The maximum absolute atomic E-state index is 12.5. The zero-order chi connectivity index (χ0) is 33.5. The lowest BCUT2D eigenvalue weighted by Gasteiger charge is -2.28. The maximum Gasteiger partial charge on any atom is 0.306 e. The molecule has 0 radical (unpaired) electrons. The van der Waals surface area contributed by atoms with E-state index in [4.69, 9.17) is 18.5 Å². The Hall–Kier alpha value is -1.02. The third kappa shape index (κ3) is 34.1. The Morgan fingerprint density at radius 3 is 1.69 bits per heavy atom. The molecule has 0 fully saturated rings. The van der Waals surface area contributed by atoms with Gasteiger partial charge in [0.25, 0.3) is 7.82 Å². The van der Waals surface area contributed by atoms with E-state index in [1.54, 1.807) is 0 Å². The highest BCUT2D eigenvalue weighted by Gasteiger charge is 2.20. The number of carbonyl (C=O) groups is 1. The first-order valence-electron chi connectivity index (χ1n) is 18.1. The molecule has 0 saturated carbocycles. The monoisotopic (exact) mass is 659 g/mol. The minimum Gasteiger partial charge on any atom is -0.756 e. The van der Waals surface area contributed by atoms with Gasteiger partial charge in [0.05, 0.1) is 34.4 Å². The van der Waals surface area contributed by atoms with Crippen LogP contribution in [0.2, 0.25) is 0 Å². The van der Waals surface area contributed by atoms with Crippen LogP contribution in [-0.2, 0) is 27.9 Å². The number of likely N-dealkylation sites (N-methyl/N-ethyl adjacent to an activating group) is 1. The topological polar surface area (TPSA) is 94.1 Å². The number of phosphoric acid groups is 1. The van der Waals surface area contributed by atoms with Crippen molar-refractivity contribution in [2.75, 3.05) is 54.1 Å². The molecule has 0 heterocycles. The van der Waals surface area contributed by atoms with Gasteiger partial charge in [-0.3, -0.25) is 9.36 Å². The summed E-state index contributed by atoms with van der Waals surface area (Å²) in [5.74, 6) is -0.349. The zero-order valence-electron chi connectivity index (χ0n) is 29.8. The lowest BCUT2D eigenvalue weighted by molar-refractivity contribution is -0.870. The molecule has 8 nitrogen and oxygen atoms in total. The Morgan fingerprint density at radius 1 is 0.667 bits per heavy atom. The van der Waals surface area contributed by atoms with E-state index in [0.717, 1.165) is 44.9 Å². The summed E-state index contributed by atoms with van der Waals surface area (Å²) in [4.78, 5) is 24.8. The molecule has 0 aliphatic carbocycles. The second-order valence-corrected chi connectivity index (χ2v) is 14.6. The number of rotatable bonds is 33. The molecule has 0 amide bonds. The molecular formula is C36H70NO7P. The fraction of sp³-hybridized carbons (Fsp3) is 0.861. The van der Waals surface area contributed by atoms with Crippen molar-refractivity contribution >= 4 is 13.8 Å². The molecule has 0 spiro atoms. The molecule has 0 aromatic heterocycles. The molecular weight excluding hydrogens is 589 g/mol. The minimum absolute atomic E-state index is 0.0238. The first kappa shape index (κ1) is 44.0. The average Bonchev–Trinajstić information content (AvgIpc) is 2.98. The molecule has 9 heteroatoms. The smallest absolute Gasteiger partial charge is 0.306 e. The number of nitrogens with zero attached hydrogens (tertiary/aromatic N) is 1. The van der Waals surface area contributed by atoms with Crippen molar-refractivity contribution in [1.29, 1.82) is 0 Å². The molecule has 45 heavy (non-hydrogen) atoms. The first-order chi connectivity index (χ1) is 21.6. The lowest BCUT2D eigenvalue weighted by Crippen LogP contribution is -2.37. The fourth-order valence-corrected chi connectivity index (χ4v) is 5.29. The number of hydrogen-bond acceptors (Lipinski definition) is 7. The maximum atomic E-state index is 12.5. The van der Waals surface area contributed by atoms with Gasteiger partial charge in [0.1, 0.15) is 19.3 Å². The number of allylic oxidation sites excluding steroid dienone is 4. The van der Waals surface area contributed by atoms with Gasteiger partial charge in [0.2, 0.25) is 0 Å². The highest BCUT2D eigenvalue weighted by atomic mass is 31.2. The first-order valence-corrected chi connectivity index (χ1v) is 19.5. The predicted molar refractivity (Wildman–Crippen MR) is 185 cm³/mol. The van der Waals surface area contributed by atoms with Gasteiger partial charge in [-0.05, 0) is 51.4 Å². The van der Waals surface area contributed by atoms with Gasteiger partial charge in [0.15, 0.2) is 0 Å². The molecule has 0 saturated heterocycles. The van der Waals surface area contributed by atoms with E-state index >= 15 is 0 Å². The van der Waals surface area contributed by atoms with Gasteiger partial charge >= 0.3 is 5.97 Å². The molecule has 0 aliphatic rings. The molecule has 0 bridgehead atoms. The van der Waals surface area contributed by atoms with E-state index in [0.29, 0.717) is 24.1 Å². The van der Waals surface area contributed by atoms with Gasteiger partial charge in [-0.1, -0.05) is 109 Å². The van der Waals surface area contributed by atoms with Crippen LogP contribution in [0.4, 0.5) is 0 Å². The number of hydrogen-bond donors (Lipinski definition) is 0. The summed E-state index contributed by atoms with van der Waals surface area (Å²) in [6.07, 6.45) is 30.4. The number of phosphoric ester groups is 1. The van der Waals surface area contributed by atoms with Crippen LogP contribution < -0.4 is 4.89 Å². The van der Waals surface area contributed by atoms with Crippen molar-refractivity contribution in [3.63, 3.8) is 0 Å². The molecule has 0 aromatic carbocycles. The van der Waals surface area contributed by atoms with Crippen LogP contribution >= 0.6 is 7.82 Å². The molecule has 2 atom stereocenters. The van der Waals surface area contributed by atoms with Crippen LogP contribution in [0.15, 0.2) is 24.3 Å². The summed E-state index contributed by atoms with van der Waals surface area (Å²) in [7, 11) is 1.34. The summed E-state index contributed by atoms with van der Waals surface area (Å²) in [6, 6.07) is 0. The third-order valence-corrected chi connectivity index (χ3v) is 8.44. The van der Waals surface area contributed by atoms with Gasteiger partial charge < -0.3 is 27.9 Å². The Labute approximate surface area is 277 Å². The van der Waals surface area contributed by atoms with Crippen LogP contribution in [-0.4, -0.2) is 70.7 Å². The third-order valence-electron chi connectivity index (χ3n) is 7.48. The van der Waals surface area contributed by atoms with E-state index in [9.17, 15) is 14.3 Å². The largest absolute Gasteiger partial charge is 0.756 e. The van der Waals surface area contributed by atoms with E-state index in [1.807, 2.05) is 21.1 Å². The number of carbonyl (C=O) groups excluding carboxylic acids is 1. The second-order valence-electron chi connectivity index (χ2n) is 13.2. The van der Waals surface area contributed by atoms with Crippen LogP contribution in [0.25, 0.3) is 0 Å². The van der Waals surface area contributed by atoms with Crippen molar-refractivity contribution < 1.29 is 37.3 Å². The normalized spacial score (nSPS) is 14.4. The molecule has 0 aromatic rings. The van der Waals surface area contributed by atoms with E-state index in [1.165, 1.54) is 77.0 Å². The summed E-state index contributed by atoms with van der Waals surface area (Å²) in [5.41, 5.74) is 0. The van der Waals surface area contributed by atoms with Crippen molar-refractivity contribution in [2.45, 2.75) is 148 Å². The fourth-order valence-electron chi connectivity index (χ4n) is 4.56.